The van der Waals surface area contributed by atoms with Gasteiger partial charge in [0.2, 0.25) is 0 Å². The average Bonchev–Trinajstić information content (AvgIpc) is 3.90. The number of amides is 1. The average molecular weight is 814 g/mol. The molecule has 5 aromatic rings. The molecule has 3 fully saturated rings. The van der Waals surface area contributed by atoms with Crippen LogP contribution in [0.1, 0.15) is 132 Å². The Morgan fingerprint density at radius 1 is 0.948 bits per heavy atom. The summed E-state index contributed by atoms with van der Waals surface area (Å²) in [6, 6.07) is 20.2. The molecule has 11 nitrogen and oxygen atoms in total. The number of halogens is 1. The Morgan fingerprint density at radius 2 is 1.72 bits per heavy atom. The molecule has 13 heteroatoms. The van der Waals surface area contributed by atoms with E-state index in [4.69, 9.17) is 26.6 Å². The lowest BCUT2D eigenvalue weighted by atomic mass is 9.68. The molecule has 4 aliphatic rings. The van der Waals surface area contributed by atoms with E-state index in [2.05, 4.69) is 86.3 Å². The van der Waals surface area contributed by atoms with Crippen LogP contribution in [-0.2, 0) is 0 Å². The minimum absolute atomic E-state index is 0.0401. The van der Waals surface area contributed by atoms with Crippen LogP contribution in [0, 0.1) is 37.5 Å². The molecule has 1 N–H and O–H groups in total. The van der Waals surface area contributed by atoms with Crippen molar-refractivity contribution in [3.63, 3.8) is 0 Å². The van der Waals surface area contributed by atoms with Crippen molar-refractivity contribution >= 4 is 40.4 Å². The van der Waals surface area contributed by atoms with Gasteiger partial charge in [0.15, 0.2) is 17.3 Å². The number of rotatable bonds is 7. The van der Waals surface area contributed by atoms with Gasteiger partial charge in [0.1, 0.15) is 28.7 Å². The summed E-state index contributed by atoms with van der Waals surface area (Å²) in [6.45, 7) is 10.5. The Kier molecular flexibility index (Phi) is 10.3. The predicted octanol–water partition coefficient (Wildman–Crippen LogP) is 9.16. The van der Waals surface area contributed by atoms with Crippen LogP contribution in [0.5, 0.6) is 5.75 Å². The van der Waals surface area contributed by atoms with Crippen molar-refractivity contribution in [1.29, 1.82) is 5.26 Å². The van der Waals surface area contributed by atoms with Crippen molar-refractivity contribution in [1.82, 2.24) is 30.3 Å². The van der Waals surface area contributed by atoms with Gasteiger partial charge >= 0.3 is 0 Å². The SMILES string of the molecule is Cc1sc2c(c1C)C(c1ccc(C3CCC4(CC3)CCN(c3ccc(C(=O)NC5CCC(Oc6ccc(C#N)c(Cl)c6)CC5)nn3)C4)cc1)=N[C@@H](C)c1nnc(C)n1-2. The van der Waals surface area contributed by atoms with E-state index in [1.807, 2.05) is 19.1 Å². The zero-order valence-corrected chi connectivity index (χ0v) is 35.0. The van der Waals surface area contributed by atoms with Crippen molar-refractivity contribution in [3.8, 4) is 16.8 Å². The second-order valence-electron chi connectivity index (χ2n) is 16.7. The summed E-state index contributed by atoms with van der Waals surface area (Å²) >= 11 is 7.97. The number of nitrogens with zero attached hydrogens (tertiary/aromatic N) is 8. The number of aromatic nitrogens is 5. The number of nitrogens with one attached hydrogen (secondary N) is 1. The number of hydrogen-bond donors (Lipinski definition) is 1. The molecule has 5 heterocycles. The van der Waals surface area contributed by atoms with E-state index in [1.165, 1.54) is 52.3 Å². The Labute approximate surface area is 348 Å². The van der Waals surface area contributed by atoms with E-state index >= 15 is 0 Å². The number of fused-ring (bicyclic) bond motifs is 3. The normalized spacial score (nSPS) is 24.1. The number of aliphatic imine (C=N–C) groups is 1. The van der Waals surface area contributed by atoms with Crippen molar-refractivity contribution < 1.29 is 9.53 Å². The molecule has 2 aliphatic carbocycles. The molecule has 9 rings (SSSR count). The van der Waals surface area contributed by atoms with Crippen LogP contribution in [0.4, 0.5) is 5.82 Å². The van der Waals surface area contributed by atoms with Gasteiger partial charge in [-0.1, -0.05) is 35.9 Å². The Morgan fingerprint density at radius 3 is 2.43 bits per heavy atom. The van der Waals surface area contributed by atoms with Crippen molar-refractivity contribution in [2.24, 2.45) is 10.4 Å². The van der Waals surface area contributed by atoms with Gasteiger partial charge in [-0.25, -0.2) is 0 Å². The second-order valence-corrected chi connectivity index (χ2v) is 18.3. The van der Waals surface area contributed by atoms with Gasteiger partial charge in [-0.2, -0.15) is 5.26 Å². The number of anilines is 1. The third-order valence-corrected chi connectivity index (χ3v) is 14.6. The van der Waals surface area contributed by atoms with E-state index in [9.17, 15) is 4.79 Å². The van der Waals surface area contributed by atoms with Gasteiger partial charge in [-0.05, 0) is 132 Å². The van der Waals surface area contributed by atoms with E-state index in [1.54, 1.807) is 29.5 Å². The van der Waals surface area contributed by atoms with Crippen molar-refractivity contribution in [3.05, 3.63) is 110 Å². The number of benzene rings is 2. The number of nitriles is 1. The summed E-state index contributed by atoms with van der Waals surface area (Å²) in [5, 5.41) is 31.6. The van der Waals surface area contributed by atoms with Crippen LogP contribution in [0.2, 0.25) is 5.02 Å². The van der Waals surface area contributed by atoms with Gasteiger partial charge in [-0.3, -0.25) is 14.4 Å². The third kappa shape index (κ3) is 7.28. The summed E-state index contributed by atoms with van der Waals surface area (Å²) in [5.74, 6) is 3.65. The summed E-state index contributed by atoms with van der Waals surface area (Å²) < 4.78 is 8.31. The maximum atomic E-state index is 13.1. The first-order valence-electron chi connectivity index (χ1n) is 20.5. The predicted molar refractivity (Wildman–Crippen MR) is 227 cm³/mol. The fourth-order valence-corrected chi connectivity index (χ4v) is 11.0. The molecule has 0 bridgehead atoms. The number of thiophene rings is 1. The van der Waals surface area contributed by atoms with E-state index in [0.29, 0.717) is 27.9 Å². The minimum Gasteiger partial charge on any atom is -0.490 e. The van der Waals surface area contributed by atoms with E-state index < -0.39 is 0 Å². The first-order chi connectivity index (χ1) is 28.1. The molecule has 0 unspecified atom stereocenters. The number of hydrogen-bond acceptors (Lipinski definition) is 10. The molecular weight excluding hydrogens is 766 g/mol. The number of aryl methyl sites for hydroxylation is 2. The van der Waals surface area contributed by atoms with Crippen LogP contribution in [0.3, 0.4) is 0 Å². The molecule has 1 atom stereocenters. The molecule has 58 heavy (non-hydrogen) atoms. The Bertz CT molecular complexity index is 2420. The highest BCUT2D eigenvalue weighted by atomic mass is 35.5. The topological polar surface area (TPSA) is 134 Å². The Balaban J connectivity index is 0.773. The summed E-state index contributed by atoms with van der Waals surface area (Å²) in [5.41, 5.74) is 7.15. The molecule has 2 aromatic carbocycles. The fraction of sp³-hybridized carbons (Fsp3) is 0.444. The standard InChI is InChI=1S/C45H48ClN9O2S/c1-26-28(3)58-44-40(26)41(48-27(2)42-53-50-29(4)55(42)44)32-7-5-30(6-8-32)31-17-19-45(20-18-31)21-22-54(25-45)39-16-15-38(51-52-39)43(56)49-34-10-13-35(14-11-34)57-36-12-9-33(24-47)37(46)23-36/h5-9,12,15-16,23,27,31,34-35H,10-11,13-14,17-22,25H2,1-4H3,(H,49,56)/t27-,31?,34?,35?,45?/m0/s1. The van der Waals surface area contributed by atoms with E-state index in [-0.39, 0.29) is 29.5 Å². The highest BCUT2D eigenvalue weighted by molar-refractivity contribution is 7.15. The fourth-order valence-electron chi connectivity index (χ4n) is 9.55. The zero-order chi connectivity index (χ0) is 40.1. The lowest BCUT2D eigenvalue weighted by Gasteiger charge is -2.37. The van der Waals surface area contributed by atoms with Gasteiger partial charge in [-0.15, -0.1) is 31.7 Å². The minimum atomic E-state index is -0.190. The highest BCUT2D eigenvalue weighted by Crippen LogP contribution is 2.49. The quantitative estimate of drug-likeness (QED) is 0.172. The molecule has 1 amide bonds. The first-order valence-corrected chi connectivity index (χ1v) is 21.7. The molecule has 2 aliphatic heterocycles. The van der Waals surface area contributed by atoms with E-state index in [0.717, 1.165) is 73.9 Å². The molecule has 0 radical (unpaired) electrons. The van der Waals surface area contributed by atoms with Gasteiger partial charge in [0.25, 0.3) is 5.91 Å². The molecule has 298 valence electrons. The lowest BCUT2D eigenvalue weighted by Crippen LogP contribution is -2.40. The molecule has 1 saturated heterocycles. The van der Waals surface area contributed by atoms with Crippen LogP contribution in [0.15, 0.2) is 59.6 Å². The maximum Gasteiger partial charge on any atom is 0.272 e. The second kappa shape index (κ2) is 15.6. The summed E-state index contributed by atoms with van der Waals surface area (Å²) in [7, 11) is 0. The molecule has 3 aromatic heterocycles. The van der Waals surface area contributed by atoms with Crippen LogP contribution in [-0.4, -0.2) is 61.8 Å². The highest BCUT2D eigenvalue weighted by Gasteiger charge is 2.42. The number of carbonyl (C=O) groups is 1. The van der Waals surface area contributed by atoms with Crippen molar-refractivity contribution in [2.75, 3.05) is 18.0 Å². The number of carbonyl (C=O) groups excluding carboxylic acids is 1. The molecular formula is C45H48ClN9O2S. The smallest absolute Gasteiger partial charge is 0.272 e. The van der Waals surface area contributed by atoms with Gasteiger partial charge in [0.05, 0.1) is 22.4 Å². The Hall–Kier alpha value is -5.12. The molecule has 2 saturated carbocycles. The monoisotopic (exact) mass is 813 g/mol. The van der Waals surface area contributed by atoms with Crippen LogP contribution >= 0.6 is 22.9 Å². The van der Waals surface area contributed by atoms with Crippen LogP contribution in [0.25, 0.3) is 5.00 Å². The van der Waals surface area contributed by atoms with Gasteiger partial charge in [0, 0.05) is 41.2 Å². The van der Waals surface area contributed by atoms with Crippen LogP contribution < -0.4 is 15.0 Å². The lowest BCUT2D eigenvalue weighted by molar-refractivity contribution is 0.0888. The molecule has 1 spiro atoms. The third-order valence-electron chi connectivity index (χ3n) is 13.1. The zero-order valence-electron chi connectivity index (χ0n) is 33.5. The largest absolute Gasteiger partial charge is 0.490 e. The van der Waals surface area contributed by atoms with Gasteiger partial charge < -0.3 is 15.0 Å². The summed E-state index contributed by atoms with van der Waals surface area (Å²) in [6.07, 6.45) is 9.18. The number of ether oxygens (including phenoxy) is 1. The summed E-state index contributed by atoms with van der Waals surface area (Å²) in [4.78, 5) is 22.0. The van der Waals surface area contributed by atoms with Crippen molar-refractivity contribution in [2.45, 2.75) is 110 Å². The maximum absolute atomic E-state index is 13.1. The first kappa shape index (κ1) is 38.4.